The Bertz CT molecular complexity index is 1250. The zero-order valence-electron chi connectivity index (χ0n) is 18.8. The molecule has 5 rings (SSSR count). The third-order valence-corrected chi connectivity index (χ3v) is 6.14. The Hall–Kier alpha value is -3.62. The van der Waals surface area contributed by atoms with E-state index in [2.05, 4.69) is 61.6 Å². The third kappa shape index (κ3) is 4.62. The lowest BCUT2D eigenvalue weighted by atomic mass is 10.1. The molecule has 0 aliphatic carbocycles. The van der Waals surface area contributed by atoms with E-state index in [1.807, 2.05) is 41.8 Å². The molecule has 8 heteroatoms. The number of rotatable bonds is 5. The number of nitrogens with one attached hydrogen (secondary N) is 1. The standard InChI is InChI=1S/C25H27N7O/c1-18-8-10-21(14-26-18)27-25(33)20-9-11-23-28-29-24(32(23)16-20)22-17-31(13-12-30(22)2)15-19-6-4-3-5-7-19/h3-11,14,16,22H,12-13,15,17H2,1-2H3,(H,27,33). The van der Waals surface area contributed by atoms with Crippen molar-refractivity contribution < 1.29 is 4.79 Å². The number of likely N-dealkylation sites (N-methyl/N-ethyl adjacent to an activating group) is 1. The summed E-state index contributed by atoms with van der Waals surface area (Å²) in [6.07, 6.45) is 3.49. The first kappa shape index (κ1) is 21.2. The summed E-state index contributed by atoms with van der Waals surface area (Å²) in [6, 6.07) is 17.9. The van der Waals surface area contributed by atoms with Gasteiger partial charge >= 0.3 is 0 Å². The van der Waals surface area contributed by atoms with Crippen LogP contribution in [0.1, 0.15) is 33.5 Å². The Morgan fingerprint density at radius 2 is 1.91 bits per heavy atom. The predicted octanol–water partition coefficient (Wildman–Crippen LogP) is 3.17. The van der Waals surface area contributed by atoms with Crippen molar-refractivity contribution in [2.45, 2.75) is 19.5 Å². The summed E-state index contributed by atoms with van der Waals surface area (Å²) >= 11 is 0. The number of aromatic nitrogens is 4. The molecule has 4 aromatic rings. The van der Waals surface area contributed by atoms with Gasteiger partial charge in [-0.05, 0) is 43.8 Å². The number of hydrogen-bond donors (Lipinski definition) is 1. The molecule has 4 heterocycles. The topological polar surface area (TPSA) is 78.7 Å². The van der Waals surface area contributed by atoms with Crippen LogP contribution in [0.5, 0.6) is 0 Å². The zero-order valence-corrected chi connectivity index (χ0v) is 18.8. The SMILES string of the molecule is Cc1ccc(NC(=O)c2ccc3nnc(C4CN(Cc5ccccc5)CCN4C)n3c2)cn1. The number of amides is 1. The van der Waals surface area contributed by atoms with Crippen LogP contribution in [0.4, 0.5) is 5.69 Å². The Morgan fingerprint density at radius 1 is 1.06 bits per heavy atom. The van der Waals surface area contributed by atoms with Gasteiger partial charge < -0.3 is 5.32 Å². The van der Waals surface area contributed by atoms with Crippen LogP contribution < -0.4 is 5.32 Å². The average molecular weight is 442 g/mol. The number of benzene rings is 1. The summed E-state index contributed by atoms with van der Waals surface area (Å²) in [5, 5.41) is 11.8. The average Bonchev–Trinajstić information content (AvgIpc) is 3.25. The summed E-state index contributed by atoms with van der Waals surface area (Å²) in [5.74, 6) is 0.654. The van der Waals surface area contributed by atoms with Gasteiger partial charge in [0, 0.05) is 38.1 Å². The quantitative estimate of drug-likeness (QED) is 0.513. The first-order chi connectivity index (χ1) is 16.1. The van der Waals surface area contributed by atoms with Gasteiger partial charge in [0.1, 0.15) is 0 Å². The second-order valence-electron chi connectivity index (χ2n) is 8.56. The monoisotopic (exact) mass is 441 g/mol. The third-order valence-electron chi connectivity index (χ3n) is 6.14. The van der Waals surface area contributed by atoms with Crippen LogP contribution in [-0.2, 0) is 6.54 Å². The number of pyridine rings is 2. The van der Waals surface area contributed by atoms with Crippen molar-refractivity contribution >= 4 is 17.2 Å². The molecule has 3 aromatic heterocycles. The fourth-order valence-corrected chi connectivity index (χ4v) is 4.21. The lowest BCUT2D eigenvalue weighted by Crippen LogP contribution is -2.46. The normalized spacial score (nSPS) is 17.3. The number of hydrogen-bond acceptors (Lipinski definition) is 6. The van der Waals surface area contributed by atoms with Gasteiger partial charge in [-0.1, -0.05) is 30.3 Å². The Morgan fingerprint density at radius 3 is 2.70 bits per heavy atom. The molecule has 0 bridgehead atoms. The van der Waals surface area contributed by atoms with E-state index in [4.69, 9.17) is 0 Å². The van der Waals surface area contributed by atoms with Gasteiger partial charge in [-0.3, -0.25) is 24.0 Å². The van der Waals surface area contributed by atoms with Crippen molar-refractivity contribution in [3.8, 4) is 0 Å². The van der Waals surface area contributed by atoms with E-state index in [9.17, 15) is 4.79 Å². The second kappa shape index (κ2) is 9.09. The highest BCUT2D eigenvalue weighted by Crippen LogP contribution is 2.25. The number of anilines is 1. The summed E-state index contributed by atoms with van der Waals surface area (Å²) in [7, 11) is 2.12. The molecular formula is C25H27N7O. The molecule has 0 saturated carbocycles. The van der Waals surface area contributed by atoms with Gasteiger partial charge in [0.15, 0.2) is 11.5 Å². The van der Waals surface area contributed by atoms with Crippen molar-refractivity contribution in [1.29, 1.82) is 0 Å². The second-order valence-corrected chi connectivity index (χ2v) is 8.56. The maximum atomic E-state index is 12.9. The molecule has 1 atom stereocenters. The number of piperazine rings is 1. The predicted molar refractivity (Wildman–Crippen MR) is 127 cm³/mol. The van der Waals surface area contributed by atoms with Gasteiger partial charge in [-0.15, -0.1) is 10.2 Å². The summed E-state index contributed by atoms with van der Waals surface area (Å²) in [4.78, 5) is 21.9. The van der Waals surface area contributed by atoms with E-state index in [1.165, 1.54) is 5.56 Å². The molecule has 1 aliphatic rings. The van der Waals surface area contributed by atoms with Crippen LogP contribution in [0.2, 0.25) is 0 Å². The smallest absolute Gasteiger partial charge is 0.257 e. The van der Waals surface area contributed by atoms with E-state index >= 15 is 0 Å². The molecule has 1 aromatic carbocycles. The first-order valence-corrected chi connectivity index (χ1v) is 11.1. The molecule has 0 spiro atoms. The minimum Gasteiger partial charge on any atom is -0.321 e. The van der Waals surface area contributed by atoms with Gasteiger partial charge in [0.25, 0.3) is 5.91 Å². The highest BCUT2D eigenvalue weighted by Gasteiger charge is 2.29. The van der Waals surface area contributed by atoms with E-state index in [1.54, 1.807) is 12.3 Å². The van der Waals surface area contributed by atoms with Crippen LogP contribution in [-0.4, -0.2) is 62.0 Å². The minimum atomic E-state index is -0.190. The molecule has 1 N–H and O–H groups in total. The number of fused-ring (bicyclic) bond motifs is 1. The Labute approximate surface area is 192 Å². The number of aryl methyl sites for hydroxylation is 1. The fraction of sp³-hybridized carbons (Fsp3) is 0.280. The van der Waals surface area contributed by atoms with Crippen molar-refractivity contribution in [2.75, 3.05) is 32.0 Å². The molecule has 33 heavy (non-hydrogen) atoms. The molecule has 1 saturated heterocycles. The Kier molecular flexibility index (Phi) is 5.85. The van der Waals surface area contributed by atoms with Crippen LogP contribution in [0.15, 0.2) is 67.0 Å². The van der Waals surface area contributed by atoms with Gasteiger partial charge in [-0.2, -0.15) is 0 Å². The summed E-state index contributed by atoms with van der Waals surface area (Å²) < 4.78 is 1.94. The maximum absolute atomic E-state index is 12.9. The molecule has 8 nitrogen and oxygen atoms in total. The van der Waals surface area contributed by atoms with Crippen LogP contribution in [0, 0.1) is 6.92 Å². The number of carbonyl (C=O) groups is 1. The molecule has 1 aliphatic heterocycles. The molecular weight excluding hydrogens is 414 g/mol. The van der Waals surface area contributed by atoms with Crippen LogP contribution in [0.3, 0.4) is 0 Å². The number of carbonyl (C=O) groups excluding carboxylic acids is 1. The summed E-state index contributed by atoms with van der Waals surface area (Å²) in [6.45, 7) is 5.60. The highest BCUT2D eigenvalue weighted by atomic mass is 16.1. The van der Waals surface area contributed by atoms with E-state index < -0.39 is 0 Å². The van der Waals surface area contributed by atoms with Gasteiger partial charge in [-0.25, -0.2) is 0 Å². The fourth-order valence-electron chi connectivity index (χ4n) is 4.21. The van der Waals surface area contributed by atoms with E-state index in [0.717, 1.165) is 43.3 Å². The molecule has 1 unspecified atom stereocenters. The van der Waals surface area contributed by atoms with Gasteiger partial charge in [0.2, 0.25) is 0 Å². The van der Waals surface area contributed by atoms with E-state index in [0.29, 0.717) is 11.3 Å². The molecule has 1 fully saturated rings. The lowest BCUT2D eigenvalue weighted by molar-refractivity contribution is 0.0852. The largest absolute Gasteiger partial charge is 0.321 e. The molecule has 168 valence electrons. The van der Waals surface area contributed by atoms with Crippen LogP contribution in [0.25, 0.3) is 5.65 Å². The van der Waals surface area contributed by atoms with Gasteiger partial charge in [0.05, 0.1) is 23.5 Å². The minimum absolute atomic E-state index is 0.0806. The van der Waals surface area contributed by atoms with Crippen molar-refractivity contribution in [3.63, 3.8) is 0 Å². The van der Waals surface area contributed by atoms with Crippen molar-refractivity contribution in [1.82, 2.24) is 29.4 Å². The number of nitrogens with zero attached hydrogens (tertiary/aromatic N) is 6. The Balaban J connectivity index is 1.38. The first-order valence-electron chi connectivity index (χ1n) is 11.1. The van der Waals surface area contributed by atoms with Crippen molar-refractivity contribution in [2.24, 2.45) is 0 Å². The van der Waals surface area contributed by atoms with E-state index in [-0.39, 0.29) is 11.9 Å². The summed E-state index contributed by atoms with van der Waals surface area (Å²) in [5.41, 5.74) is 4.15. The molecule has 0 radical (unpaired) electrons. The lowest BCUT2D eigenvalue weighted by Gasteiger charge is -2.38. The molecule has 1 amide bonds. The maximum Gasteiger partial charge on any atom is 0.257 e. The van der Waals surface area contributed by atoms with Crippen LogP contribution >= 0.6 is 0 Å². The van der Waals surface area contributed by atoms with Crippen molar-refractivity contribution in [3.05, 3.63) is 89.6 Å². The highest BCUT2D eigenvalue weighted by molar-refractivity contribution is 6.04. The zero-order chi connectivity index (χ0) is 22.8.